The molecule has 8 rings (SSSR count). The van der Waals surface area contributed by atoms with Crippen LogP contribution >= 0.6 is 11.8 Å². The SMILES string of the molecule is C/C=C/C(=O)NC(C(=O)N[C@H]1CS[C@@H]2c3c(O)c(C)c4c(c3[C@H](COC1=O)N1C2[C@H]2c3c(cc(C)c(C)c3O)C[C@@H]([C@@H]1C#N)N2C)OCO4)C(C)C. The molecule has 0 radical (unpaired) electrons. The van der Waals surface area contributed by atoms with E-state index in [1.54, 1.807) is 33.8 Å². The van der Waals surface area contributed by atoms with Gasteiger partial charge in [0.05, 0.1) is 23.4 Å². The van der Waals surface area contributed by atoms with Crippen LogP contribution in [0.15, 0.2) is 18.2 Å². The number of aromatic hydroxyl groups is 2. The van der Waals surface area contributed by atoms with Gasteiger partial charge in [-0.1, -0.05) is 26.0 Å². The Labute approximate surface area is 307 Å². The Morgan fingerprint density at radius 1 is 1.08 bits per heavy atom. The summed E-state index contributed by atoms with van der Waals surface area (Å²) in [7, 11) is 1.98. The number of nitriles is 1. The number of carbonyl (C=O) groups is 3. The number of nitrogens with one attached hydrogen (secondary N) is 2. The molecule has 2 amide bonds. The van der Waals surface area contributed by atoms with Crippen molar-refractivity contribution < 1.29 is 38.8 Å². The molecule has 13 nitrogen and oxygen atoms in total. The molecule has 0 spiro atoms. The van der Waals surface area contributed by atoms with E-state index in [0.717, 1.165) is 22.3 Å². The number of rotatable bonds is 5. The van der Waals surface area contributed by atoms with Crippen LogP contribution in [-0.2, 0) is 25.5 Å². The number of nitrogens with zero attached hydrogens (tertiary/aromatic N) is 3. The van der Waals surface area contributed by atoms with Crippen molar-refractivity contribution in [1.29, 1.82) is 5.26 Å². The number of hydrogen-bond donors (Lipinski definition) is 4. The maximum absolute atomic E-state index is 13.9. The first-order valence-electron chi connectivity index (χ1n) is 17.7. The number of piperazine rings is 1. The monoisotopic (exact) mass is 731 g/mol. The molecule has 276 valence electrons. The average Bonchev–Trinajstić information content (AvgIpc) is 3.60. The molecule has 0 aliphatic carbocycles. The molecule has 2 aromatic carbocycles. The topological polar surface area (TPSA) is 174 Å². The molecule has 2 aromatic rings. The lowest BCUT2D eigenvalue weighted by Gasteiger charge is -2.61. The van der Waals surface area contributed by atoms with Gasteiger partial charge in [0.25, 0.3) is 0 Å². The van der Waals surface area contributed by atoms with Gasteiger partial charge >= 0.3 is 5.97 Å². The number of phenols is 2. The maximum Gasteiger partial charge on any atom is 0.329 e. The summed E-state index contributed by atoms with van der Waals surface area (Å²) >= 11 is 1.37. The normalized spacial score (nSPS) is 28.4. The molecule has 4 bridgehead atoms. The minimum Gasteiger partial charge on any atom is -0.507 e. The van der Waals surface area contributed by atoms with E-state index in [-0.39, 0.29) is 42.6 Å². The number of benzene rings is 2. The van der Waals surface area contributed by atoms with Crippen LogP contribution < -0.4 is 20.1 Å². The van der Waals surface area contributed by atoms with Crippen LogP contribution in [0.4, 0.5) is 0 Å². The Morgan fingerprint density at radius 2 is 1.79 bits per heavy atom. The van der Waals surface area contributed by atoms with Gasteiger partial charge in [-0.25, -0.2) is 4.79 Å². The van der Waals surface area contributed by atoms with Crippen LogP contribution in [0.25, 0.3) is 0 Å². The standard InChI is InChI=1S/C38H45N5O8S/c1-8-9-25(44)41-29(16(2)3)37(47)40-21-14-52-36-28-27(35-34(50-15-51-35)19(6)33(28)46)24(13-49-38(21)48)43-23(12-39)22-11-20-10-17(4)18(5)32(45)26(20)30(31(36)43)42(22)7/h8-10,16,21-24,29-31,36,45-46H,11,13-15H2,1-7H3,(H,40,47)(H,41,44)/b9-8+/t21-,22-,23-,24-,29?,30+,31?,36+/m0/s1. The lowest BCUT2D eigenvalue weighted by molar-refractivity contribution is -0.152. The Hall–Kier alpha value is -4.45. The number of amides is 2. The third-order valence-corrected chi connectivity index (χ3v) is 12.9. The van der Waals surface area contributed by atoms with E-state index in [9.17, 15) is 29.9 Å². The minimum atomic E-state index is -1.09. The molecule has 8 atom stereocenters. The number of allylic oxidation sites excluding steroid dienone is 1. The van der Waals surface area contributed by atoms with Gasteiger partial charge in [-0.3, -0.25) is 19.4 Å². The van der Waals surface area contributed by atoms with Gasteiger partial charge in [0.15, 0.2) is 11.5 Å². The van der Waals surface area contributed by atoms with Gasteiger partial charge in [0.1, 0.15) is 36.2 Å². The number of thioether (sulfide) groups is 1. The predicted molar refractivity (Wildman–Crippen MR) is 192 cm³/mol. The van der Waals surface area contributed by atoms with Crippen LogP contribution in [0, 0.1) is 38.0 Å². The molecule has 14 heteroatoms. The first kappa shape index (κ1) is 35.9. The van der Waals surface area contributed by atoms with Crippen molar-refractivity contribution in [3.8, 4) is 29.1 Å². The van der Waals surface area contributed by atoms with E-state index in [1.807, 2.05) is 20.9 Å². The van der Waals surface area contributed by atoms with Crippen molar-refractivity contribution in [2.24, 2.45) is 5.92 Å². The fourth-order valence-electron chi connectivity index (χ4n) is 8.82. The third-order valence-electron chi connectivity index (χ3n) is 11.5. The zero-order valence-electron chi connectivity index (χ0n) is 30.4. The molecule has 52 heavy (non-hydrogen) atoms. The van der Waals surface area contributed by atoms with Gasteiger partial charge in [0, 0.05) is 40.1 Å². The molecular formula is C38H45N5O8S. The average molecular weight is 732 g/mol. The Morgan fingerprint density at radius 3 is 2.48 bits per heavy atom. The molecule has 2 fully saturated rings. The summed E-state index contributed by atoms with van der Waals surface area (Å²) in [4.78, 5) is 44.3. The molecule has 6 heterocycles. The van der Waals surface area contributed by atoms with Gasteiger partial charge in [-0.05, 0) is 69.8 Å². The summed E-state index contributed by atoms with van der Waals surface area (Å²) in [5.74, 6) is -0.738. The molecular weight excluding hydrogens is 687 g/mol. The summed E-state index contributed by atoms with van der Waals surface area (Å²) in [5, 5.41) is 39.8. The lowest BCUT2D eigenvalue weighted by atomic mass is 9.71. The van der Waals surface area contributed by atoms with E-state index >= 15 is 0 Å². The number of esters is 1. The summed E-state index contributed by atoms with van der Waals surface area (Å²) < 4.78 is 18.0. The van der Waals surface area contributed by atoms with Crippen LogP contribution in [0.3, 0.4) is 0 Å². The number of phenolic OH excluding ortho intramolecular Hbond substituents is 2. The third kappa shape index (κ3) is 5.47. The predicted octanol–water partition coefficient (Wildman–Crippen LogP) is 3.51. The second-order valence-electron chi connectivity index (χ2n) is 14.7. The van der Waals surface area contributed by atoms with Crippen LogP contribution in [-0.4, -0.2) is 94.2 Å². The number of hydrogen-bond acceptors (Lipinski definition) is 12. The van der Waals surface area contributed by atoms with Gasteiger partial charge in [0.2, 0.25) is 18.6 Å². The number of likely N-dealkylation sites (N-methyl/N-ethyl adjacent to an activating group) is 1. The van der Waals surface area contributed by atoms with Gasteiger partial charge < -0.3 is 35.1 Å². The Kier molecular flexibility index (Phi) is 9.34. The number of fused-ring (bicyclic) bond motifs is 10. The lowest BCUT2D eigenvalue weighted by Crippen LogP contribution is -2.69. The van der Waals surface area contributed by atoms with Gasteiger partial charge in [-0.15, -0.1) is 11.8 Å². The van der Waals surface area contributed by atoms with Crippen molar-refractivity contribution in [3.05, 3.63) is 57.2 Å². The van der Waals surface area contributed by atoms with Crippen LogP contribution in [0.2, 0.25) is 0 Å². The fraction of sp³-hybridized carbons (Fsp3) is 0.526. The van der Waals surface area contributed by atoms with Crippen molar-refractivity contribution in [2.75, 3.05) is 26.2 Å². The highest BCUT2D eigenvalue weighted by atomic mass is 32.2. The zero-order valence-corrected chi connectivity index (χ0v) is 31.2. The quantitative estimate of drug-likeness (QED) is 0.261. The summed E-state index contributed by atoms with van der Waals surface area (Å²) in [6.45, 7) is 10.7. The minimum absolute atomic E-state index is 0.0269. The fourth-order valence-corrected chi connectivity index (χ4v) is 10.3. The van der Waals surface area contributed by atoms with E-state index in [2.05, 4.69) is 32.6 Å². The summed E-state index contributed by atoms with van der Waals surface area (Å²) in [6, 6.07) is 0.129. The van der Waals surface area contributed by atoms with E-state index in [4.69, 9.17) is 14.2 Å². The highest BCUT2D eigenvalue weighted by molar-refractivity contribution is 7.99. The number of carbonyl (C=O) groups excluding carboxylic acids is 3. The van der Waals surface area contributed by atoms with Crippen LogP contribution in [0.5, 0.6) is 23.0 Å². The van der Waals surface area contributed by atoms with Crippen molar-refractivity contribution >= 4 is 29.5 Å². The highest BCUT2D eigenvalue weighted by Gasteiger charge is 2.60. The Bertz CT molecular complexity index is 1930. The highest BCUT2D eigenvalue weighted by Crippen LogP contribution is 2.63. The second-order valence-corrected chi connectivity index (χ2v) is 15.9. The van der Waals surface area contributed by atoms with Crippen molar-refractivity contribution in [2.45, 2.75) is 95.5 Å². The molecule has 0 saturated carbocycles. The van der Waals surface area contributed by atoms with E-state index < -0.39 is 59.3 Å². The first-order chi connectivity index (χ1) is 24.8. The smallest absolute Gasteiger partial charge is 0.329 e. The van der Waals surface area contributed by atoms with E-state index in [1.165, 1.54) is 17.8 Å². The molecule has 6 aliphatic rings. The van der Waals surface area contributed by atoms with E-state index in [0.29, 0.717) is 34.6 Å². The molecule has 4 N–H and O–H groups in total. The summed E-state index contributed by atoms with van der Waals surface area (Å²) in [5.41, 5.74) is 5.22. The van der Waals surface area contributed by atoms with Crippen LogP contribution in [0.1, 0.15) is 77.0 Å². The Balaban J connectivity index is 1.38. The molecule has 6 aliphatic heterocycles. The number of ether oxygens (including phenoxy) is 3. The number of aryl methyl sites for hydroxylation is 1. The maximum atomic E-state index is 13.9. The van der Waals surface area contributed by atoms with Gasteiger partial charge in [-0.2, -0.15) is 5.26 Å². The zero-order chi connectivity index (χ0) is 37.3. The molecule has 2 unspecified atom stereocenters. The second kappa shape index (κ2) is 13.5. The molecule has 2 saturated heterocycles. The molecule has 0 aromatic heterocycles. The largest absolute Gasteiger partial charge is 0.507 e. The van der Waals surface area contributed by atoms with Crippen molar-refractivity contribution in [3.63, 3.8) is 0 Å². The summed E-state index contributed by atoms with van der Waals surface area (Å²) in [6.07, 6.45) is 3.44. The van der Waals surface area contributed by atoms with Crippen molar-refractivity contribution in [1.82, 2.24) is 20.4 Å². The first-order valence-corrected chi connectivity index (χ1v) is 18.7.